The number of nitrogens with two attached hydrogens (primary N) is 1. The Labute approximate surface area is 109 Å². The summed E-state index contributed by atoms with van der Waals surface area (Å²) < 4.78 is 0. The minimum atomic E-state index is 0.461. The van der Waals surface area contributed by atoms with Crippen LogP contribution in [0.4, 0.5) is 0 Å². The molecule has 2 heteroatoms. The van der Waals surface area contributed by atoms with Gasteiger partial charge in [0.15, 0.2) is 0 Å². The number of rotatable bonds is 5. The Morgan fingerprint density at radius 1 is 1.35 bits per heavy atom. The van der Waals surface area contributed by atoms with E-state index in [1.54, 1.807) is 0 Å². The largest absolute Gasteiger partial charge is 0.327 e. The van der Waals surface area contributed by atoms with Crippen LogP contribution in [0.2, 0.25) is 0 Å². The molecular formula is C15H25NS. The first kappa shape index (κ1) is 13.1. The first-order chi connectivity index (χ1) is 8.29. The average Bonchev–Trinajstić information content (AvgIpc) is 2.83. The summed E-state index contributed by atoms with van der Waals surface area (Å²) in [5, 5.41) is 2.18. The van der Waals surface area contributed by atoms with E-state index in [1.165, 1.54) is 49.8 Å². The second kappa shape index (κ2) is 6.55. The summed E-state index contributed by atoms with van der Waals surface area (Å²) in [7, 11) is 0. The molecule has 1 fully saturated rings. The van der Waals surface area contributed by atoms with E-state index in [2.05, 4.69) is 24.4 Å². The van der Waals surface area contributed by atoms with Crippen LogP contribution in [0.3, 0.4) is 0 Å². The van der Waals surface area contributed by atoms with Crippen molar-refractivity contribution >= 4 is 11.3 Å². The van der Waals surface area contributed by atoms with Crippen molar-refractivity contribution in [3.05, 3.63) is 22.4 Å². The number of thiophene rings is 1. The normalized spacial score (nSPS) is 29.4. The number of hydrogen-bond acceptors (Lipinski definition) is 2. The molecule has 1 aliphatic rings. The third-order valence-electron chi connectivity index (χ3n) is 4.19. The summed E-state index contributed by atoms with van der Waals surface area (Å²) in [4.78, 5) is 1.52. The highest BCUT2D eigenvalue weighted by Crippen LogP contribution is 2.34. The Balaban J connectivity index is 1.81. The Morgan fingerprint density at radius 3 is 2.94 bits per heavy atom. The Morgan fingerprint density at radius 2 is 2.24 bits per heavy atom. The molecule has 1 aromatic heterocycles. The van der Waals surface area contributed by atoms with E-state index >= 15 is 0 Å². The minimum Gasteiger partial charge on any atom is -0.327 e. The summed E-state index contributed by atoms with van der Waals surface area (Å²) in [6.07, 6.45) is 9.25. The summed E-state index contributed by atoms with van der Waals surface area (Å²) in [5.41, 5.74) is 6.28. The molecule has 0 amide bonds. The standard InChI is InChI=1S/C15H25NS/c1-2-4-12-6-9-15(16)13(11-12)7-8-14-5-3-10-17-14/h3,5,10,12-13,15H,2,4,6-9,11,16H2,1H3. The molecule has 0 aromatic carbocycles. The highest BCUT2D eigenvalue weighted by Gasteiger charge is 2.27. The maximum atomic E-state index is 6.28. The highest BCUT2D eigenvalue weighted by molar-refractivity contribution is 7.09. The van der Waals surface area contributed by atoms with Crippen molar-refractivity contribution in [2.45, 2.75) is 57.9 Å². The van der Waals surface area contributed by atoms with E-state index in [0.29, 0.717) is 6.04 Å². The molecule has 1 heterocycles. The summed E-state index contributed by atoms with van der Waals surface area (Å²) in [5.74, 6) is 1.72. The van der Waals surface area contributed by atoms with Crippen molar-refractivity contribution in [1.29, 1.82) is 0 Å². The Kier molecular flexibility index (Phi) is 5.05. The van der Waals surface area contributed by atoms with E-state index in [-0.39, 0.29) is 0 Å². The molecule has 0 radical (unpaired) electrons. The molecule has 17 heavy (non-hydrogen) atoms. The molecule has 1 saturated carbocycles. The van der Waals surface area contributed by atoms with Gasteiger partial charge in [-0.25, -0.2) is 0 Å². The minimum absolute atomic E-state index is 0.461. The van der Waals surface area contributed by atoms with Gasteiger partial charge in [0.2, 0.25) is 0 Å². The quantitative estimate of drug-likeness (QED) is 0.833. The smallest absolute Gasteiger partial charge is 0.00674 e. The van der Waals surface area contributed by atoms with Crippen LogP contribution in [0.25, 0.3) is 0 Å². The first-order valence-corrected chi connectivity index (χ1v) is 7.95. The van der Waals surface area contributed by atoms with Crippen molar-refractivity contribution in [2.24, 2.45) is 17.6 Å². The van der Waals surface area contributed by atoms with Crippen LogP contribution in [0.1, 0.15) is 50.3 Å². The predicted octanol–water partition coefficient (Wildman–Crippen LogP) is 4.22. The van der Waals surface area contributed by atoms with Gasteiger partial charge in [-0.1, -0.05) is 25.8 Å². The number of hydrogen-bond donors (Lipinski definition) is 1. The van der Waals surface area contributed by atoms with Gasteiger partial charge in [0.1, 0.15) is 0 Å². The molecule has 0 aliphatic heterocycles. The SMILES string of the molecule is CCCC1CCC(N)C(CCc2cccs2)C1. The van der Waals surface area contributed by atoms with Crippen LogP contribution in [-0.2, 0) is 6.42 Å². The monoisotopic (exact) mass is 251 g/mol. The lowest BCUT2D eigenvalue weighted by molar-refractivity contribution is 0.213. The summed E-state index contributed by atoms with van der Waals surface area (Å²) in [6.45, 7) is 2.30. The van der Waals surface area contributed by atoms with Gasteiger partial charge in [-0.2, -0.15) is 0 Å². The third kappa shape index (κ3) is 3.82. The van der Waals surface area contributed by atoms with Gasteiger partial charge in [-0.05, 0) is 55.4 Å². The van der Waals surface area contributed by atoms with Gasteiger partial charge in [0, 0.05) is 10.9 Å². The van der Waals surface area contributed by atoms with E-state index in [4.69, 9.17) is 5.73 Å². The van der Waals surface area contributed by atoms with Crippen LogP contribution in [0.5, 0.6) is 0 Å². The molecule has 1 aliphatic carbocycles. The maximum absolute atomic E-state index is 6.28. The third-order valence-corrected chi connectivity index (χ3v) is 5.12. The molecule has 1 aromatic rings. The van der Waals surface area contributed by atoms with E-state index in [9.17, 15) is 0 Å². The molecule has 96 valence electrons. The zero-order valence-electron chi connectivity index (χ0n) is 10.9. The maximum Gasteiger partial charge on any atom is 0.00674 e. The van der Waals surface area contributed by atoms with Gasteiger partial charge in [-0.3, -0.25) is 0 Å². The van der Waals surface area contributed by atoms with Crippen molar-refractivity contribution in [2.75, 3.05) is 0 Å². The number of aryl methyl sites for hydroxylation is 1. The lowest BCUT2D eigenvalue weighted by atomic mass is 9.75. The summed E-state index contributed by atoms with van der Waals surface area (Å²) in [6, 6.07) is 4.87. The van der Waals surface area contributed by atoms with E-state index in [0.717, 1.165) is 11.8 Å². The van der Waals surface area contributed by atoms with Crippen molar-refractivity contribution < 1.29 is 0 Å². The Bertz CT molecular complexity index is 307. The molecule has 2 rings (SSSR count). The fourth-order valence-electron chi connectivity index (χ4n) is 3.17. The van der Waals surface area contributed by atoms with Crippen LogP contribution >= 0.6 is 11.3 Å². The van der Waals surface area contributed by atoms with Crippen molar-refractivity contribution in [1.82, 2.24) is 0 Å². The lowest BCUT2D eigenvalue weighted by Crippen LogP contribution is -2.36. The molecule has 0 saturated heterocycles. The topological polar surface area (TPSA) is 26.0 Å². The van der Waals surface area contributed by atoms with Crippen molar-refractivity contribution in [3.63, 3.8) is 0 Å². The first-order valence-electron chi connectivity index (χ1n) is 7.07. The fraction of sp³-hybridized carbons (Fsp3) is 0.733. The molecule has 0 bridgehead atoms. The van der Waals surface area contributed by atoms with Crippen LogP contribution in [0.15, 0.2) is 17.5 Å². The van der Waals surface area contributed by atoms with E-state index < -0.39 is 0 Å². The van der Waals surface area contributed by atoms with Crippen LogP contribution in [-0.4, -0.2) is 6.04 Å². The molecule has 1 nitrogen and oxygen atoms in total. The predicted molar refractivity (Wildman–Crippen MR) is 76.4 cm³/mol. The van der Waals surface area contributed by atoms with Crippen LogP contribution in [0, 0.1) is 11.8 Å². The van der Waals surface area contributed by atoms with Gasteiger partial charge in [0.05, 0.1) is 0 Å². The van der Waals surface area contributed by atoms with Gasteiger partial charge < -0.3 is 5.73 Å². The highest BCUT2D eigenvalue weighted by atomic mass is 32.1. The molecule has 2 N–H and O–H groups in total. The van der Waals surface area contributed by atoms with Gasteiger partial charge in [0.25, 0.3) is 0 Å². The zero-order valence-corrected chi connectivity index (χ0v) is 11.7. The molecule has 0 spiro atoms. The fourth-order valence-corrected chi connectivity index (χ4v) is 3.89. The zero-order chi connectivity index (χ0) is 12.1. The van der Waals surface area contributed by atoms with Crippen LogP contribution < -0.4 is 5.73 Å². The molecule has 3 atom stereocenters. The van der Waals surface area contributed by atoms with Crippen molar-refractivity contribution in [3.8, 4) is 0 Å². The molecule has 3 unspecified atom stereocenters. The van der Waals surface area contributed by atoms with E-state index in [1.807, 2.05) is 11.3 Å². The second-order valence-electron chi connectivity index (χ2n) is 5.51. The van der Waals surface area contributed by atoms with Gasteiger partial charge in [-0.15, -0.1) is 11.3 Å². The summed E-state index contributed by atoms with van der Waals surface area (Å²) >= 11 is 1.88. The molecular weight excluding hydrogens is 226 g/mol. The second-order valence-corrected chi connectivity index (χ2v) is 6.54. The lowest BCUT2D eigenvalue weighted by Gasteiger charge is -2.34. The average molecular weight is 251 g/mol. The Hall–Kier alpha value is -0.340. The van der Waals surface area contributed by atoms with Gasteiger partial charge >= 0.3 is 0 Å².